The molecular formula is C24H31N5O4. The Kier molecular flexibility index (Phi) is 5.60. The standard InChI is InChI=1S/C24H31N5O4/c1-5-7-17-16-13-32-24(3,4)12-15(16)18-19-20(33-22(18)27-17)21(26-14-25-19)28-8-10-29(11-9-28)23(30)31-6-2/h14H,5-13H2,1-4H3. The molecule has 9 nitrogen and oxygen atoms in total. The molecule has 0 aromatic carbocycles. The number of carbonyl (C=O) groups is 1. The summed E-state index contributed by atoms with van der Waals surface area (Å²) in [5.74, 6) is 0.749. The van der Waals surface area contributed by atoms with Crippen LogP contribution in [0.15, 0.2) is 10.7 Å². The molecule has 2 aliphatic rings. The average Bonchev–Trinajstić information content (AvgIpc) is 3.17. The lowest BCUT2D eigenvalue weighted by Gasteiger charge is -2.34. The molecule has 5 heterocycles. The minimum atomic E-state index is -0.266. The van der Waals surface area contributed by atoms with E-state index in [1.807, 2.05) is 6.92 Å². The van der Waals surface area contributed by atoms with E-state index in [9.17, 15) is 4.79 Å². The first-order valence-electron chi connectivity index (χ1n) is 11.8. The van der Waals surface area contributed by atoms with Crippen LogP contribution in [0.4, 0.5) is 10.6 Å². The van der Waals surface area contributed by atoms with E-state index in [4.69, 9.17) is 18.9 Å². The lowest BCUT2D eigenvalue weighted by molar-refractivity contribution is -0.0401. The molecule has 1 fully saturated rings. The van der Waals surface area contributed by atoms with Gasteiger partial charge in [0.05, 0.1) is 29.9 Å². The number of piperazine rings is 1. The number of hydrogen-bond acceptors (Lipinski definition) is 8. The van der Waals surface area contributed by atoms with E-state index in [-0.39, 0.29) is 11.7 Å². The largest absolute Gasteiger partial charge is 0.450 e. The molecule has 5 rings (SSSR count). The van der Waals surface area contributed by atoms with Gasteiger partial charge in [0.1, 0.15) is 11.8 Å². The SMILES string of the molecule is CCCc1nc2oc3c(N4CCN(C(=O)OCC)CC4)ncnc3c2c2c1COC(C)(C)C2. The monoisotopic (exact) mass is 453 g/mol. The van der Waals surface area contributed by atoms with Crippen LogP contribution in [0.25, 0.3) is 22.2 Å². The molecule has 3 aromatic rings. The van der Waals surface area contributed by atoms with Crippen molar-refractivity contribution in [2.24, 2.45) is 0 Å². The van der Waals surface area contributed by atoms with Gasteiger partial charge in [-0.2, -0.15) is 0 Å². The second-order valence-electron chi connectivity index (χ2n) is 9.32. The van der Waals surface area contributed by atoms with Crippen LogP contribution >= 0.6 is 0 Å². The van der Waals surface area contributed by atoms with Crippen LogP contribution in [-0.2, 0) is 28.9 Å². The van der Waals surface area contributed by atoms with Gasteiger partial charge in [-0.3, -0.25) is 0 Å². The molecule has 0 saturated carbocycles. The van der Waals surface area contributed by atoms with Gasteiger partial charge in [0.25, 0.3) is 0 Å². The number of amides is 1. The third-order valence-corrected chi connectivity index (χ3v) is 6.49. The highest BCUT2D eigenvalue weighted by Crippen LogP contribution is 2.40. The van der Waals surface area contributed by atoms with E-state index in [2.05, 4.69) is 35.6 Å². The summed E-state index contributed by atoms with van der Waals surface area (Å²) in [6, 6.07) is 0. The van der Waals surface area contributed by atoms with Crippen molar-refractivity contribution in [2.45, 2.75) is 59.2 Å². The summed E-state index contributed by atoms with van der Waals surface area (Å²) in [7, 11) is 0. The quantitative estimate of drug-likeness (QED) is 0.588. The van der Waals surface area contributed by atoms with Crippen molar-refractivity contribution >= 4 is 34.1 Å². The summed E-state index contributed by atoms with van der Waals surface area (Å²) >= 11 is 0. The summed E-state index contributed by atoms with van der Waals surface area (Å²) in [6.07, 6.45) is 4.00. The lowest BCUT2D eigenvalue weighted by Crippen LogP contribution is -2.49. The average molecular weight is 454 g/mol. The molecule has 9 heteroatoms. The van der Waals surface area contributed by atoms with Crippen molar-refractivity contribution in [1.82, 2.24) is 19.9 Å². The first-order chi connectivity index (χ1) is 15.9. The van der Waals surface area contributed by atoms with Crippen LogP contribution in [0.1, 0.15) is 50.9 Å². The van der Waals surface area contributed by atoms with E-state index in [0.29, 0.717) is 50.7 Å². The normalized spacial score (nSPS) is 18.1. The van der Waals surface area contributed by atoms with Gasteiger partial charge in [-0.1, -0.05) is 13.3 Å². The number of aryl methyl sites for hydroxylation is 1. The van der Waals surface area contributed by atoms with Gasteiger partial charge in [-0.15, -0.1) is 0 Å². The summed E-state index contributed by atoms with van der Waals surface area (Å²) in [4.78, 5) is 30.0. The van der Waals surface area contributed by atoms with Crippen molar-refractivity contribution in [3.8, 4) is 0 Å². The Morgan fingerprint density at radius 3 is 2.67 bits per heavy atom. The lowest BCUT2D eigenvalue weighted by atomic mass is 9.88. The third-order valence-electron chi connectivity index (χ3n) is 6.49. The number of pyridine rings is 1. The molecule has 0 atom stereocenters. The van der Waals surface area contributed by atoms with Crippen molar-refractivity contribution in [1.29, 1.82) is 0 Å². The molecule has 0 spiro atoms. The Morgan fingerprint density at radius 2 is 1.94 bits per heavy atom. The van der Waals surface area contributed by atoms with Crippen LogP contribution in [0.5, 0.6) is 0 Å². The van der Waals surface area contributed by atoms with E-state index in [0.717, 1.165) is 41.7 Å². The highest BCUT2D eigenvalue weighted by molar-refractivity contribution is 6.06. The summed E-state index contributed by atoms with van der Waals surface area (Å²) in [5, 5.41) is 0.977. The number of furan rings is 1. The predicted molar refractivity (Wildman–Crippen MR) is 124 cm³/mol. The molecule has 0 N–H and O–H groups in total. The molecule has 1 amide bonds. The van der Waals surface area contributed by atoms with Crippen LogP contribution in [0.3, 0.4) is 0 Å². The first-order valence-corrected chi connectivity index (χ1v) is 11.8. The second-order valence-corrected chi connectivity index (χ2v) is 9.32. The zero-order valence-corrected chi connectivity index (χ0v) is 19.8. The number of ether oxygens (including phenoxy) is 2. The number of rotatable bonds is 4. The van der Waals surface area contributed by atoms with E-state index in [1.165, 1.54) is 11.1 Å². The third kappa shape index (κ3) is 3.88. The maximum atomic E-state index is 12.1. The summed E-state index contributed by atoms with van der Waals surface area (Å²) < 4.78 is 17.6. The Labute approximate surface area is 193 Å². The van der Waals surface area contributed by atoms with Crippen LogP contribution in [0.2, 0.25) is 0 Å². The van der Waals surface area contributed by atoms with Gasteiger partial charge in [0.15, 0.2) is 11.4 Å². The fourth-order valence-electron chi connectivity index (χ4n) is 4.85. The van der Waals surface area contributed by atoms with E-state index < -0.39 is 0 Å². The summed E-state index contributed by atoms with van der Waals surface area (Å²) in [5.41, 5.74) is 5.28. The van der Waals surface area contributed by atoms with Crippen molar-refractivity contribution in [2.75, 3.05) is 37.7 Å². The zero-order chi connectivity index (χ0) is 23.2. The van der Waals surface area contributed by atoms with Gasteiger partial charge < -0.3 is 23.7 Å². The van der Waals surface area contributed by atoms with Gasteiger partial charge in [-0.25, -0.2) is 19.7 Å². The highest BCUT2D eigenvalue weighted by atomic mass is 16.6. The number of aromatic nitrogens is 3. The number of fused-ring (bicyclic) bond motifs is 5. The van der Waals surface area contributed by atoms with Crippen molar-refractivity contribution in [3.05, 3.63) is 23.1 Å². The predicted octanol–water partition coefficient (Wildman–Crippen LogP) is 3.85. The van der Waals surface area contributed by atoms with Crippen LogP contribution in [0, 0.1) is 0 Å². The maximum absolute atomic E-state index is 12.1. The second kappa shape index (κ2) is 8.44. The van der Waals surface area contributed by atoms with Gasteiger partial charge in [0, 0.05) is 38.2 Å². The fourth-order valence-corrected chi connectivity index (χ4v) is 4.85. The topological polar surface area (TPSA) is 93.8 Å². The van der Waals surface area contributed by atoms with E-state index >= 15 is 0 Å². The Balaban J connectivity index is 1.57. The molecule has 0 aliphatic carbocycles. The minimum Gasteiger partial charge on any atom is -0.450 e. The molecule has 0 bridgehead atoms. The number of nitrogens with zero attached hydrogens (tertiary/aromatic N) is 5. The first kappa shape index (κ1) is 21.9. The Morgan fingerprint density at radius 1 is 1.15 bits per heavy atom. The van der Waals surface area contributed by atoms with Gasteiger partial charge >= 0.3 is 6.09 Å². The zero-order valence-electron chi connectivity index (χ0n) is 19.8. The van der Waals surface area contributed by atoms with Crippen molar-refractivity contribution in [3.63, 3.8) is 0 Å². The van der Waals surface area contributed by atoms with Crippen LogP contribution < -0.4 is 4.90 Å². The Hall–Kier alpha value is -2.94. The molecular weight excluding hydrogens is 422 g/mol. The molecule has 1 saturated heterocycles. The van der Waals surface area contributed by atoms with Gasteiger partial charge in [0.2, 0.25) is 5.71 Å². The fraction of sp³-hybridized carbons (Fsp3) is 0.583. The number of carbonyl (C=O) groups excluding carboxylic acids is 1. The smallest absolute Gasteiger partial charge is 0.409 e. The minimum absolute atomic E-state index is 0.256. The molecule has 33 heavy (non-hydrogen) atoms. The molecule has 0 unspecified atom stereocenters. The van der Waals surface area contributed by atoms with Gasteiger partial charge in [-0.05, 0) is 32.8 Å². The molecule has 176 valence electrons. The number of hydrogen-bond donors (Lipinski definition) is 0. The van der Waals surface area contributed by atoms with Crippen molar-refractivity contribution < 1.29 is 18.7 Å². The Bertz CT molecular complexity index is 1200. The molecule has 0 radical (unpaired) electrons. The molecule has 3 aromatic heterocycles. The molecule has 2 aliphatic heterocycles. The highest BCUT2D eigenvalue weighted by Gasteiger charge is 2.33. The van der Waals surface area contributed by atoms with Crippen LogP contribution in [-0.4, -0.2) is 64.3 Å². The maximum Gasteiger partial charge on any atom is 0.409 e. The summed E-state index contributed by atoms with van der Waals surface area (Å²) in [6.45, 7) is 11.6. The number of anilines is 1. The van der Waals surface area contributed by atoms with E-state index in [1.54, 1.807) is 11.2 Å².